The summed E-state index contributed by atoms with van der Waals surface area (Å²) in [5, 5.41) is 6.90. The van der Waals surface area contributed by atoms with Crippen LogP contribution in [0.4, 0.5) is 4.79 Å². The number of nitrogens with one attached hydrogen (secondary N) is 1. The molecule has 1 aromatic heterocycles. The van der Waals surface area contributed by atoms with E-state index < -0.39 is 0 Å². The maximum atomic E-state index is 11.9. The van der Waals surface area contributed by atoms with Crippen LogP contribution in [0.3, 0.4) is 0 Å². The molecule has 1 aromatic rings. The van der Waals surface area contributed by atoms with E-state index in [9.17, 15) is 9.59 Å². The molecule has 1 saturated carbocycles. The van der Waals surface area contributed by atoms with Gasteiger partial charge in [0.25, 0.3) is 0 Å². The number of hydrogen-bond donors (Lipinski definition) is 1. The van der Waals surface area contributed by atoms with Crippen molar-refractivity contribution in [2.24, 2.45) is 11.8 Å². The van der Waals surface area contributed by atoms with Crippen LogP contribution in [0.2, 0.25) is 0 Å². The van der Waals surface area contributed by atoms with Gasteiger partial charge in [-0.3, -0.25) is 4.79 Å². The third kappa shape index (κ3) is 4.49. The molecule has 0 radical (unpaired) electrons. The number of rotatable bonds is 7. The van der Waals surface area contributed by atoms with Crippen molar-refractivity contribution in [2.75, 3.05) is 33.2 Å². The lowest BCUT2D eigenvalue weighted by molar-refractivity contribution is -0.131. The second-order valence-electron chi connectivity index (χ2n) is 7.51. The lowest BCUT2D eigenvalue weighted by atomic mass is 10.0. The summed E-state index contributed by atoms with van der Waals surface area (Å²) in [6.07, 6.45) is 2.61. The Morgan fingerprint density at radius 1 is 1.36 bits per heavy atom. The van der Waals surface area contributed by atoms with Crippen LogP contribution in [0.25, 0.3) is 0 Å². The van der Waals surface area contributed by atoms with Gasteiger partial charge in [-0.25, -0.2) is 4.79 Å². The number of likely N-dealkylation sites (tertiary alicyclic amines) is 1. The Kier molecular flexibility index (Phi) is 5.24. The van der Waals surface area contributed by atoms with Crippen LogP contribution in [0, 0.1) is 11.8 Å². The first-order valence-corrected chi connectivity index (χ1v) is 9.04. The summed E-state index contributed by atoms with van der Waals surface area (Å²) in [6, 6.07) is -0.0371. The van der Waals surface area contributed by atoms with E-state index in [0.29, 0.717) is 50.2 Å². The minimum Gasteiger partial charge on any atom is -0.345 e. The molecule has 0 atom stereocenters. The van der Waals surface area contributed by atoms with Gasteiger partial charge in [-0.2, -0.15) is 4.98 Å². The van der Waals surface area contributed by atoms with Crippen LogP contribution in [0.5, 0.6) is 0 Å². The second kappa shape index (κ2) is 7.41. The Labute approximate surface area is 147 Å². The minimum atomic E-state index is -0.0371. The van der Waals surface area contributed by atoms with Crippen molar-refractivity contribution < 1.29 is 14.1 Å². The average Bonchev–Trinajstić information content (AvgIpc) is 3.28. The summed E-state index contributed by atoms with van der Waals surface area (Å²) in [7, 11) is 1.82. The lowest BCUT2D eigenvalue weighted by Crippen LogP contribution is -2.53. The number of likely N-dealkylation sites (N-methyl/N-ethyl adjacent to an activating group) is 1. The van der Waals surface area contributed by atoms with E-state index in [4.69, 9.17) is 4.52 Å². The third-order valence-corrected chi connectivity index (χ3v) is 4.64. The molecule has 0 unspecified atom stereocenters. The molecule has 1 aliphatic heterocycles. The fraction of sp³-hybridized carbons (Fsp3) is 0.765. The van der Waals surface area contributed by atoms with Gasteiger partial charge in [0.2, 0.25) is 11.8 Å². The monoisotopic (exact) mass is 349 g/mol. The molecule has 1 saturated heterocycles. The molecular weight excluding hydrogens is 322 g/mol. The molecule has 8 nitrogen and oxygen atoms in total. The highest BCUT2D eigenvalue weighted by molar-refractivity contribution is 5.80. The first-order valence-electron chi connectivity index (χ1n) is 9.04. The van der Waals surface area contributed by atoms with E-state index in [-0.39, 0.29) is 23.8 Å². The Morgan fingerprint density at radius 2 is 2.08 bits per heavy atom. The molecule has 3 rings (SSSR count). The van der Waals surface area contributed by atoms with Crippen molar-refractivity contribution in [1.29, 1.82) is 0 Å². The van der Waals surface area contributed by atoms with E-state index in [1.54, 1.807) is 9.80 Å². The minimum absolute atomic E-state index is 0.0371. The molecule has 0 aromatic carbocycles. The molecule has 0 spiro atoms. The zero-order chi connectivity index (χ0) is 18.0. The number of amides is 3. The highest BCUT2D eigenvalue weighted by atomic mass is 16.5. The van der Waals surface area contributed by atoms with Crippen LogP contribution in [-0.4, -0.2) is 65.1 Å². The first-order chi connectivity index (χ1) is 11.9. The number of carbonyl (C=O) groups is 2. The van der Waals surface area contributed by atoms with Crippen LogP contribution in [-0.2, 0) is 11.2 Å². The van der Waals surface area contributed by atoms with E-state index in [0.717, 1.165) is 12.8 Å². The maximum Gasteiger partial charge on any atom is 0.317 e. The zero-order valence-electron chi connectivity index (χ0n) is 15.2. The standard InChI is InChI=1S/C17H27N5O3/c1-11(2)8-18-17(24)22-9-13(10-22)15-19-14(20-25-15)6-7-21(3)16(23)12-4-5-12/h11-13H,4-10H2,1-3H3,(H,18,24). The second-order valence-corrected chi connectivity index (χ2v) is 7.51. The fourth-order valence-electron chi connectivity index (χ4n) is 2.76. The van der Waals surface area contributed by atoms with Gasteiger partial charge in [0.05, 0.1) is 5.92 Å². The Balaban J connectivity index is 1.40. The average molecular weight is 349 g/mol. The van der Waals surface area contributed by atoms with Crippen molar-refractivity contribution in [3.05, 3.63) is 11.7 Å². The van der Waals surface area contributed by atoms with Gasteiger partial charge < -0.3 is 19.6 Å². The number of aromatic nitrogens is 2. The highest BCUT2D eigenvalue weighted by Crippen LogP contribution is 2.30. The van der Waals surface area contributed by atoms with Crippen molar-refractivity contribution in [2.45, 2.75) is 39.0 Å². The summed E-state index contributed by atoms with van der Waals surface area (Å²) in [5.41, 5.74) is 0. The van der Waals surface area contributed by atoms with Crippen LogP contribution in [0.15, 0.2) is 4.52 Å². The quantitative estimate of drug-likeness (QED) is 0.800. The van der Waals surface area contributed by atoms with Gasteiger partial charge in [-0.15, -0.1) is 0 Å². The van der Waals surface area contributed by atoms with Crippen molar-refractivity contribution in [1.82, 2.24) is 25.3 Å². The van der Waals surface area contributed by atoms with E-state index in [1.807, 2.05) is 7.05 Å². The molecule has 0 bridgehead atoms. The molecular formula is C17H27N5O3. The summed E-state index contributed by atoms with van der Waals surface area (Å²) in [6.45, 7) is 6.61. The Morgan fingerprint density at radius 3 is 2.72 bits per heavy atom. The molecule has 8 heteroatoms. The highest BCUT2D eigenvalue weighted by Gasteiger charge is 2.36. The van der Waals surface area contributed by atoms with Crippen LogP contribution < -0.4 is 5.32 Å². The topological polar surface area (TPSA) is 91.6 Å². The van der Waals surface area contributed by atoms with Gasteiger partial charge in [0.1, 0.15) is 0 Å². The third-order valence-electron chi connectivity index (χ3n) is 4.64. The SMILES string of the molecule is CC(C)CNC(=O)N1CC(c2nc(CCN(C)C(=O)C3CC3)no2)C1. The predicted octanol–water partition coefficient (Wildman–Crippen LogP) is 1.25. The van der Waals surface area contributed by atoms with Gasteiger partial charge >= 0.3 is 6.03 Å². The van der Waals surface area contributed by atoms with E-state index >= 15 is 0 Å². The van der Waals surface area contributed by atoms with E-state index in [2.05, 4.69) is 29.3 Å². The van der Waals surface area contributed by atoms with Gasteiger partial charge in [0, 0.05) is 45.6 Å². The Hall–Kier alpha value is -2.12. The van der Waals surface area contributed by atoms with Gasteiger partial charge in [-0.1, -0.05) is 19.0 Å². The molecule has 2 fully saturated rings. The number of nitrogens with zero attached hydrogens (tertiary/aromatic N) is 4. The number of hydrogen-bond acceptors (Lipinski definition) is 5. The first kappa shape index (κ1) is 17.7. The molecule has 25 heavy (non-hydrogen) atoms. The maximum absolute atomic E-state index is 11.9. The smallest absolute Gasteiger partial charge is 0.317 e. The number of urea groups is 1. The lowest BCUT2D eigenvalue weighted by Gasteiger charge is -2.37. The molecule has 3 amide bonds. The van der Waals surface area contributed by atoms with Crippen molar-refractivity contribution in [3.8, 4) is 0 Å². The summed E-state index contributed by atoms with van der Waals surface area (Å²) < 4.78 is 5.32. The van der Waals surface area contributed by atoms with Gasteiger partial charge in [0.15, 0.2) is 5.82 Å². The normalized spacial score (nSPS) is 17.5. The van der Waals surface area contributed by atoms with Crippen molar-refractivity contribution >= 4 is 11.9 Å². The molecule has 138 valence electrons. The molecule has 2 aliphatic rings. The summed E-state index contributed by atoms with van der Waals surface area (Å²) in [4.78, 5) is 31.7. The Bertz CT molecular complexity index is 620. The molecule has 2 heterocycles. The largest absolute Gasteiger partial charge is 0.345 e. The summed E-state index contributed by atoms with van der Waals surface area (Å²) >= 11 is 0. The predicted molar refractivity (Wildman–Crippen MR) is 90.9 cm³/mol. The van der Waals surface area contributed by atoms with Crippen LogP contribution in [0.1, 0.15) is 44.3 Å². The number of carbonyl (C=O) groups excluding carboxylic acids is 2. The van der Waals surface area contributed by atoms with Gasteiger partial charge in [-0.05, 0) is 18.8 Å². The fourth-order valence-corrected chi connectivity index (χ4v) is 2.76. The molecule has 1 N–H and O–H groups in total. The van der Waals surface area contributed by atoms with E-state index in [1.165, 1.54) is 0 Å². The summed E-state index contributed by atoms with van der Waals surface area (Å²) in [5.74, 6) is 2.19. The zero-order valence-corrected chi connectivity index (χ0v) is 15.2. The molecule has 1 aliphatic carbocycles. The van der Waals surface area contributed by atoms with Crippen LogP contribution >= 0.6 is 0 Å². The van der Waals surface area contributed by atoms with Crippen molar-refractivity contribution in [3.63, 3.8) is 0 Å².